The van der Waals surface area contributed by atoms with Crippen LogP contribution in [0.2, 0.25) is 5.02 Å². The molecule has 0 unspecified atom stereocenters. The Bertz CT molecular complexity index is 1060. The highest BCUT2D eigenvalue weighted by Crippen LogP contribution is 2.23. The third-order valence-corrected chi connectivity index (χ3v) is 4.19. The van der Waals surface area contributed by atoms with Crippen molar-refractivity contribution in [2.75, 3.05) is 6.61 Å². The molecule has 0 radical (unpaired) electrons. The minimum Gasteiger partial charge on any atom is -0.463 e. The average molecular weight is 366 g/mol. The van der Waals surface area contributed by atoms with Crippen LogP contribution in [0.25, 0.3) is 16.9 Å². The molecule has 0 aliphatic carbocycles. The molecule has 0 N–H and O–H groups in total. The molecule has 0 bridgehead atoms. The molecule has 0 atom stereocenters. The van der Waals surface area contributed by atoms with Crippen molar-refractivity contribution in [2.45, 2.75) is 13.3 Å². The maximum Gasteiger partial charge on any atom is 0.318 e. The fraction of sp³-hybridized carbons (Fsp3) is 0.158. The molecule has 0 amide bonds. The molecule has 0 saturated carbocycles. The van der Waals surface area contributed by atoms with Crippen LogP contribution < -0.4 is 4.74 Å². The number of para-hydroxylation sites is 2. The first-order chi connectivity index (χ1) is 12.7. The van der Waals surface area contributed by atoms with E-state index in [1.807, 2.05) is 54.0 Å². The summed E-state index contributed by atoms with van der Waals surface area (Å²) < 4.78 is 7.53. The summed E-state index contributed by atoms with van der Waals surface area (Å²) in [6.07, 6.45) is 3.91. The van der Waals surface area contributed by atoms with Crippen molar-refractivity contribution in [1.29, 1.82) is 0 Å². The lowest BCUT2D eigenvalue weighted by atomic mass is 10.2. The summed E-state index contributed by atoms with van der Waals surface area (Å²) >= 11 is 6.30. The van der Waals surface area contributed by atoms with Gasteiger partial charge in [-0.05, 0) is 31.2 Å². The molecule has 0 saturated heterocycles. The van der Waals surface area contributed by atoms with E-state index in [1.54, 1.807) is 12.5 Å². The second-order valence-electron chi connectivity index (χ2n) is 5.80. The maximum absolute atomic E-state index is 6.30. The van der Waals surface area contributed by atoms with Crippen LogP contribution in [0.4, 0.5) is 0 Å². The molecule has 7 heteroatoms. The Kier molecular flexibility index (Phi) is 4.50. The molecule has 0 spiro atoms. The number of pyridine rings is 1. The summed E-state index contributed by atoms with van der Waals surface area (Å²) in [6, 6.07) is 14.0. The van der Waals surface area contributed by atoms with Gasteiger partial charge in [0.05, 0.1) is 23.8 Å². The summed E-state index contributed by atoms with van der Waals surface area (Å²) in [4.78, 5) is 17.4. The van der Waals surface area contributed by atoms with Crippen LogP contribution in [0, 0.1) is 6.92 Å². The Hall–Kier alpha value is -2.99. The molecule has 3 aromatic heterocycles. The van der Waals surface area contributed by atoms with Gasteiger partial charge in [-0.2, -0.15) is 4.98 Å². The van der Waals surface area contributed by atoms with Crippen LogP contribution in [0.1, 0.15) is 11.4 Å². The number of benzene rings is 1. The number of hydrogen-bond donors (Lipinski definition) is 0. The normalized spacial score (nSPS) is 11.0. The molecular weight excluding hydrogens is 350 g/mol. The highest BCUT2D eigenvalue weighted by Gasteiger charge is 2.12. The highest BCUT2D eigenvalue weighted by molar-refractivity contribution is 6.32. The summed E-state index contributed by atoms with van der Waals surface area (Å²) in [5.41, 5.74) is 3.75. The third kappa shape index (κ3) is 3.36. The van der Waals surface area contributed by atoms with Crippen molar-refractivity contribution in [1.82, 2.24) is 24.5 Å². The van der Waals surface area contributed by atoms with E-state index in [0.717, 1.165) is 22.4 Å². The van der Waals surface area contributed by atoms with Crippen LogP contribution in [0.3, 0.4) is 0 Å². The second kappa shape index (κ2) is 7.09. The van der Waals surface area contributed by atoms with Gasteiger partial charge in [-0.3, -0.25) is 9.55 Å². The predicted octanol–water partition coefficient (Wildman–Crippen LogP) is 3.79. The Morgan fingerprint density at radius 2 is 1.92 bits per heavy atom. The zero-order chi connectivity index (χ0) is 17.9. The molecular formula is C19H16ClN5O. The van der Waals surface area contributed by atoms with E-state index >= 15 is 0 Å². The van der Waals surface area contributed by atoms with Gasteiger partial charge in [0.25, 0.3) is 0 Å². The topological polar surface area (TPSA) is 65.7 Å². The number of fused-ring (bicyclic) bond motifs is 1. The number of rotatable bonds is 5. The van der Waals surface area contributed by atoms with Gasteiger partial charge in [0.2, 0.25) is 0 Å². The zero-order valence-electron chi connectivity index (χ0n) is 14.1. The lowest BCUT2D eigenvalue weighted by molar-refractivity contribution is 0.294. The Morgan fingerprint density at radius 1 is 1.04 bits per heavy atom. The molecule has 26 heavy (non-hydrogen) atoms. The molecule has 6 nitrogen and oxygen atoms in total. The molecule has 4 aromatic rings. The second-order valence-corrected chi connectivity index (χ2v) is 6.20. The lowest BCUT2D eigenvalue weighted by Crippen LogP contribution is -2.07. The van der Waals surface area contributed by atoms with Gasteiger partial charge in [0, 0.05) is 17.8 Å². The van der Waals surface area contributed by atoms with E-state index in [4.69, 9.17) is 16.3 Å². The molecule has 0 fully saturated rings. The van der Waals surface area contributed by atoms with Gasteiger partial charge in [-0.15, -0.1) is 0 Å². The van der Waals surface area contributed by atoms with Crippen LogP contribution in [0.15, 0.2) is 55.0 Å². The Labute approximate surface area is 155 Å². The van der Waals surface area contributed by atoms with Crippen molar-refractivity contribution in [3.8, 4) is 11.8 Å². The van der Waals surface area contributed by atoms with E-state index in [-0.39, 0.29) is 6.01 Å². The van der Waals surface area contributed by atoms with Crippen LogP contribution in [0.5, 0.6) is 6.01 Å². The predicted molar refractivity (Wildman–Crippen MR) is 99.8 cm³/mol. The first-order valence-electron chi connectivity index (χ1n) is 8.21. The SMILES string of the molecule is Cc1cccc(CCOc2ncc(Cl)c(-n3cnc4ccccc43)n2)n1. The van der Waals surface area contributed by atoms with Crippen molar-refractivity contribution in [3.63, 3.8) is 0 Å². The smallest absolute Gasteiger partial charge is 0.318 e. The number of aromatic nitrogens is 5. The van der Waals surface area contributed by atoms with Crippen LogP contribution in [-0.4, -0.2) is 31.1 Å². The number of ether oxygens (including phenoxy) is 1. The minimum atomic E-state index is 0.273. The van der Waals surface area contributed by atoms with Gasteiger partial charge in [0.15, 0.2) is 5.82 Å². The summed E-state index contributed by atoms with van der Waals surface area (Å²) in [5.74, 6) is 0.541. The van der Waals surface area contributed by atoms with E-state index in [2.05, 4.69) is 19.9 Å². The minimum absolute atomic E-state index is 0.273. The van der Waals surface area contributed by atoms with Crippen molar-refractivity contribution >= 4 is 22.6 Å². The van der Waals surface area contributed by atoms with E-state index < -0.39 is 0 Å². The van der Waals surface area contributed by atoms with Crippen molar-refractivity contribution in [2.24, 2.45) is 0 Å². The number of nitrogens with zero attached hydrogens (tertiary/aromatic N) is 5. The standard InChI is InChI=1S/C19H16ClN5O/c1-13-5-4-6-14(23-13)9-10-26-19-21-11-15(20)18(24-19)25-12-22-16-7-2-3-8-17(16)25/h2-8,11-12H,9-10H2,1H3. The van der Waals surface area contributed by atoms with E-state index in [1.165, 1.54) is 0 Å². The first-order valence-corrected chi connectivity index (χ1v) is 8.59. The van der Waals surface area contributed by atoms with Crippen LogP contribution >= 0.6 is 11.6 Å². The van der Waals surface area contributed by atoms with E-state index in [0.29, 0.717) is 23.9 Å². The number of hydrogen-bond acceptors (Lipinski definition) is 5. The maximum atomic E-state index is 6.30. The third-order valence-electron chi connectivity index (χ3n) is 3.92. The first kappa shape index (κ1) is 16.5. The number of aryl methyl sites for hydroxylation is 1. The van der Waals surface area contributed by atoms with Gasteiger partial charge in [-0.1, -0.05) is 29.8 Å². The molecule has 0 aliphatic heterocycles. The van der Waals surface area contributed by atoms with Gasteiger partial charge in [-0.25, -0.2) is 9.97 Å². The largest absolute Gasteiger partial charge is 0.463 e. The Balaban J connectivity index is 1.55. The zero-order valence-corrected chi connectivity index (χ0v) is 14.9. The average Bonchev–Trinajstić information content (AvgIpc) is 3.07. The molecule has 4 rings (SSSR count). The summed E-state index contributed by atoms with van der Waals surface area (Å²) in [6.45, 7) is 2.40. The van der Waals surface area contributed by atoms with Crippen molar-refractivity contribution in [3.05, 3.63) is 71.4 Å². The van der Waals surface area contributed by atoms with Crippen molar-refractivity contribution < 1.29 is 4.74 Å². The monoisotopic (exact) mass is 365 g/mol. The fourth-order valence-electron chi connectivity index (χ4n) is 2.69. The molecule has 1 aromatic carbocycles. The van der Waals surface area contributed by atoms with Gasteiger partial charge < -0.3 is 4.74 Å². The summed E-state index contributed by atoms with van der Waals surface area (Å²) in [7, 11) is 0. The van der Waals surface area contributed by atoms with Gasteiger partial charge in [0.1, 0.15) is 11.3 Å². The lowest BCUT2D eigenvalue weighted by Gasteiger charge is -2.09. The Morgan fingerprint density at radius 3 is 2.81 bits per heavy atom. The highest BCUT2D eigenvalue weighted by atomic mass is 35.5. The number of imidazole rings is 1. The fourth-order valence-corrected chi connectivity index (χ4v) is 2.88. The van der Waals surface area contributed by atoms with E-state index in [9.17, 15) is 0 Å². The van der Waals surface area contributed by atoms with Gasteiger partial charge >= 0.3 is 6.01 Å². The number of halogens is 1. The summed E-state index contributed by atoms with van der Waals surface area (Å²) in [5, 5.41) is 0.431. The van der Waals surface area contributed by atoms with Crippen LogP contribution in [-0.2, 0) is 6.42 Å². The molecule has 130 valence electrons. The molecule has 3 heterocycles. The molecule has 0 aliphatic rings. The quantitative estimate of drug-likeness (QED) is 0.538.